The number of ether oxygens (including phenoxy) is 3. The minimum absolute atomic E-state index is 0.0242. The number of carbonyl (C=O) groups is 2. The molecular weight excluding hydrogens is 434 g/mol. The van der Waals surface area contributed by atoms with Crippen LogP contribution in [0.3, 0.4) is 0 Å². The molecule has 0 spiro atoms. The molecular formula is C27H33NO6. The normalized spacial score (nSPS) is 17.2. The third-order valence-electron chi connectivity index (χ3n) is 5.80. The van der Waals surface area contributed by atoms with E-state index < -0.39 is 17.7 Å². The van der Waals surface area contributed by atoms with Gasteiger partial charge in [0, 0.05) is 18.2 Å². The van der Waals surface area contributed by atoms with Crippen LogP contribution in [0.1, 0.15) is 57.2 Å². The van der Waals surface area contributed by atoms with E-state index >= 15 is 0 Å². The lowest BCUT2D eigenvalue weighted by Gasteiger charge is -2.26. The van der Waals surface area contributed by atoms with Gasteiger partial charge in [-0.2, -0.15) is 0 Å². The van der Waals surface area contributed by atoms with Gasteiger partial charge in [-0.15, -0.1) is 0 Å². The van der Waals surface area contributed by atoms with Crippen molar-refractivity contribution in [2.45, 2.75) is 46.1 Å². The lowest BCUT2D eigenvalue weighted by atomic mass is 9.94. The summed E-state index contributed by atoms with van der Waals surface area (Å²) < 4.78 is 16.9. The minimum Gasteiger partial charge on any atom is -0.507 e. The molecule has 0 bridgehead atoms. The molecule has 1 atom stereocenters. The van der Waals surface area contributed by atoms with E-state index in [4.69, 9.17) is 14.2 Å². The number of amides is 1. The lowest BCUT2D eigenvalue weighted by molar-refractivity contribution is -0.139. The number of ketones is 1. The largest absolute Gasteiger partial charge is 0.507 e. The van der Waals surface area contributed by atoms with Gasteiger partial charge in [-0.05, 0) is 38.5 Å². The third kappa shape index (κ3) is 5.03. The number of hydrogen-bond acceptors (Lipinski definition) is 6. The standard InChI is InChI=1S/C27H33NO6/c1-5-8-11-16-28-24(19-12-9-10-13-21(19)32-4)23(26(30)27(28)31)25(29)20-15-14-18(33-6-2)17-22(20)34-7-3/h9-10,12-15,17,24,29H,5-8,11,16H2,1-4H3/b25-23+. The molecule has 34 heavy (non-hydrogen) atoms. The maximum atomic E-state index is 13.3. The number of nitrogens with zero attached hydrogens (tertiary/aromatic N) is 1. The molecule has 7 nitrogen and oxygen atoms in total. The van der Waals surface area contributed by atoms with Crippen LogP contribution in [0.4, 0.5) is 0 Å². The highest BCUT2D eigenvalue weighted by atomic mass is 16.5. The number of methoxy groups -OCH3 is 1. The molecule has 182 valence electrons. The van der Waals surface area contributed by atoms with E-state index in [1.165, 1.54) is 4.90 Å². The van der Waals surface area contributed by atoms with Crippen LogP contribution in [0.5, 0.6) is 17.2 Å². The molecule has 0 aromatic heterocycles. The molecule has 0 aliphatic carbocycles. The first-order valence-electron chi connectivity index (χ1n) is 11.8. The van der Waals surface area contributed by atoms with Crippen molar-refractivity contribution in [3.63, 3.8) is 0 Å². The molecule has 2 aromatic rings. The van der Waals surface area contributed by atoms with Crippen molar-refractivity contribution in [2.24, 2.45) is 0 Å². The van der Waals surface area contributed by atoms with Gasteiger partial charge in [0.15, 0.2) is 0 Å². The van der Waals surface area contributed by atoms with Gasteiger partial charge in [0.2, 0.25) is 0 Å². The van der Waals surface area contributed by atoms with E-state index in [1.807, 2.05) is 32.0 Å². The van der Waals surface area contributed by atoms with Crippen LogP contribution < -0.4 is 14.2 Å². The van der Waals surface area contributed by atoms with Crippen molar-refractivity contribution >= 4 is 17.4 Å². The molecule has 3 rings (SSSR count). The van der Waals surface area contributed by atoms with Gasteiger partial charge in [-0.3, -0.25) is 9.59 Å². The summed E-state index contributed by atoms with van der Waals surface area (Å²) in [7, 11) is 1.54. The van der Waals surface area contributed by atoms with Crippen LogP contribution in [0.2, 0.25) is 0 Å². The van der Waals surface area contributed by atoms with Crippen LogP contribution in [0, 0.1) is 0 Å². The first-order chi connectivity index (χ1) is 16.5. The van der Waals surface area contributed by atoms with Gasteiger partial charge in [0.05, 0.1) is 37.5 Å². The Hall–Kier alpha value is -3.48. The fraction of sp³-hybridized carbons (Fsp3) is 0.407. The maximum Gasteiger partial charge on any atom is 0.295 e. The Morgan fingerprint density at radius 2 is 1.71 bits per heavy atom. The number of para-hydroxylation sites is 1. The topological polar surface area (TPSA) is 85.3 Å². The SMILES string of the molecule is CCCCCN1C(=O)C(=O)/C(=C(/O)c2ccc(OCC)cc2OCC)C1c1ccccc1OC. The summed E-state index contributed by atoms with van der Waals surface area (Å²) >= 11 is 0. The van der Waals surface area contributed by atoms with Gasteiger partial charge in [0.1, 0.15) is 23.0 Å². The van der Waals surface area contributed by atoms with E-state index in [-0.39, 0.29) is 11.3 Å². The van der Waals surface area contributed by atoms with E-state index in [0.29, 0.717) is 48.1 Å². The number of unbranched alkanes of at least 4 members (excludes halogenated alkanes) is 2. The summed E-state index contributed by atoms with van der Waals surface area (Å²) in [5.74, 6) is -0.124. The quantitative estimate of drug-likeness (QED) is 0.214. The Labute approximate surface area is 200 Å². The highest BCUT2D eigenvalue weighted by Gasteiger charge is 2.47. The average molecular weight is 468 g/mol. The second kappa shape index (κ2) is 11.6. The summed E-state index contributed by atoms with van der Waals surface area (Å²) in [6.45, 7) is 7.03. The molecule has 1 saturated heterocycles. The highest BCUT2D eigenvalue weighted by molar-refractivity contribution is 6.46. The maximum absolute atomic E-state index is 13.3. The summed E-state index contributed by atoms with van der Waals surface area (Å²) in [5.41, 5.74) is 0.999. The number of carbonyl (C=O) groups excluding carboxylic acids is 2. The van der Waals surface area contributed by atoms with Gasteiger partial charge in [-0.25, -0.2) is 0 Å². The van der Waals surface area contributed by atoms with Crippen molar-refractivity contribution < 1.29 is 28.9 Å². The Balaban J connectivity index is 2.20. The minimum atomic E-state index is -0.769. The smallest absolute Gasteiger partial charge is 0.295 e. The molecule has 2 aromatic carbocycles. The monoisotopic (exact) mass is 467 g/mol. The van der Waals surface area contributed by atoms with E-state index in [2.05, 4.69) is 6.92 Å². The van der Waals surface area contributed by atoms with Gasteiger partial charge in [-0.1, -0.05) is 38.0 Å². The molecule has 0 radical (unpaired) electrons. The zero-order valence-corrected chi connectivity index (χ0v) is 20.3. The summed E-state index contributed by atoms with van der Waals surface area (Å²) in [5, 5.41) is 11.4. The number of aliphatic hydroxyl groups is 1. The van der Waals surface area contributed by atoms with Gasteiger partial charge in [0.25, 0.3) is 11.7 Å². The second-order valence-electron chi connectivity index (χ2n) is 7.97. The molecule has 1 heterocycles. The van der Waals surface area contributed by atoms with Crippen molar-refractivity contribution in [3.8, 4) is 17.2 Å². The Morgan fingerprint density at radius 3 is 2.38 bits per heavy atom. The predicted molar refractivity (Wildman–Crippen MR) is 130 cm³/mol. The molecule has 1 aliphatic heterocycles. The number of likely N-dealkylation sites (tertiary alicyclic amines) is 1. The number of Topliss-reactive ketones (excluding diaryl/α,β-unsaturated/α-hetero) is 1. The first-order valence-corrected chi connectivity index (χ1v) is 11.8. The van der Waals surface area contributed by atoms with Crippen molar-refractivity contribution in [1.82, 2.24) is 4.90 Å². The fourth-order valence-corrected chi connectivity index (χ4v) is 4.23. The molecule has 1 amide bonds. The van der Waals surface area contributed by atoms with Crippen molar-refractivity contribution in [1.29, 1.82) is 0 Å². The number of aliphatic hydroxyl groups excluding tert-OH is 1. The number of rotatable bonds is 11. The molecule has 7 heteroatoms. The Kier molecular flexibility index (Phi) is 8.57. The second-order valence-corrected chi connectivity index (χ2v) is 7.97. The molecule has 1 fully saturated rings. The van der Waals surface area contributed by atoms with Crippen LogP contribution in [0.25, 0.3) is 5.76 Å². The van der Waals surface area contributed by atoms with Crippen LogP contribution >= 0.6 is 0 Å². The third-order valence-corrected chi connectivity index (χ3v) is 5.80. The van der Waals surface area contributed by atoms with Crippen molar-refractivity contribution in [2.75, 3.05) is 26.9 Å². The summed E-state index contributed by atoms with van der Waals surface area (Å²) in [4.78, 5) is 27.9. The van der Waals surface area contributed by atoms with E-state index in [0.717, 1.165) is 19.3 Å². The molecule has 1 aliphatic rings. The summed E-state index contributed by atoms with van der Waals surface area (Å²) in [6.07, 6.45) is 2.66. The fourth-order valence-electron chi connectivity index (χ4n) is 4.23. The highest BCUT2D eigenvalue weighted by Crippen LogP contribution is 2.44. The molecule has 1 unspecified atom stereocenters. The first kappa shape index (κ1) is 25.1. The molecule has 0 saturated carbocycles. The van der Waals surface area contributed by atoms with Gasteiger partial charge >= 0.3 is 0 Å². The average Bonchev–Trinajstić information content (AvgIpc) is 3.09. The van der Waals surface area contributed by atoms with Crippen LogP contribution in [-0.4, -0.2) is 48.6 Å². The van der Waals surface area contributed by atoms with Crippen molar-refractivity contribution in [3.05, 3.63) is 59.2 Å². The van der Waals surface area contributed by atoms with E-state index in [9.17, 15) is 14.7 Å². The van der Waals surface area contributed by atoms with Crippen LogP contribution in [0.15, 0.2) is 48.0 Å². The van der Waals surface area contributed by atoms with Gasteiger partial charge < -0.3 is 24.2 Å². The lowest BCUT2D eigenvalue weighted by Crippen LogP contribution is -2.30. The Morgan fingerprint density at radius 1 is 0.971 bits per heavy atom. The number of hydrogen-bond donors (Lipinski definition) is 1. The molecule has 1 N–H and O–H groups in total. The zero-order valence-electron chi connectivity index (χ0n) is 20.3. The summed E-state index contributed by atoms with van der Waals surface area (Å²) in [6, 6.07) is 11.5. The number of benzene rings is 2. The predicted octanol–water partition coefficient (Wildman–Crippen LogP) is 5.10. The Bertz CT molecular complexity index is 1060. The van der Waals surface area contributed by atoms with E-state index in [1.54, 1.807) is 31.4 Å². The van der Waals surface area contributed by atoms with Crippen LogP contribution in [-0.2, 0) is 9.59 Å². The zero-order chi connectivity index (χ0) is 24.7.